The maximum absolute atomic E-state index is 6.20. The summed E-state index contributed by atoms with van der Waals surface area (Å²) in [6.07, 6.45) is 11.7. The highest BCUT2D eigenvalue weighted by Gasteiger charge is 2.31. The summed E-state index contributed by atoms with van der Waals surface area (Å²) in [5.41, 5.74) is 2.39. The predicted molar refractivity (Wildman–Crippen MR) is 71.1 cm³/mol. The fraction of sp³-hybridized carbons (Fsp3) is 0.375. The van der Waals surface area contributed by atoms with Crippen molar-refractivity contribution in [2.24, 2.45) is 0 Å². The van der Waals surface area contributed by atoms with Gasteiger partial charge in [-0.25, -0.2) is 0 Å². The lowest BCUT2D eigenvalue weighted by molar-refractivity contribution is 0.169. The summed E-state index contributed by atoms with van der Waals surface area (Å²) in [5, 5.41) is 0. The number of fused-ring (bicyclic) bond motifs is 1. The van der Waals surface area contributed by atoms with Crippen molar-refractivity contribution in [3.05, 3.63) is 47.6 Å². The maximum Gasteiger partial charge on any atom is 0.146 e. The van der Waals surface area contributed by atoms with Crippen molar-refractivity contribution < 1.29 is 4.74 Å². The van der Waals surface area contributed by atoms with Crippen LogP contribution in [0, 0.1) is 0 Å². The lowest BCUT2D eigenvalue weighted by atomic mass is 9.85. The van der Waals surface area contributed by atoms with Gasteiger partial charge in [0.25, 0.3) is 0 Å². The average molecular weight is 226 g/mol. The van der Waals surface area contributed by atoms with Crippen LogP contribution in [0.25, 0.3) is 6.08 Å². The van der Waals surface area contributed by atoms with Crippen LogP contribution >= 0.6 is 0 Å². The fourth-order valence-corrected chi connectivity index (χ4v) is 2.68. The predicted octanol–water partition coefficient (Wildman–Crippen LogP) is 4.35. The van der Waals surface area contributed by atoms with Gasteiger partial charge in [0.05, 0.1) is 0 Å². The summed E-state index contributed by atoms with van der Waals surface area (Å²) in [7, 11) is 0. The van der Waals surface area contributed by atoms with Crippen molar-refractivity contribution in [2.45, 2.75) is 38.2 Å². The third-order valence-corrected chi connectivity index (χ3v) is 3.75. The van der Waals surface area contributed by atoms with Crippen LogP contribution in [-0.2, 0) is 0 Å². The van der Waals surface area contributed by atoms with Crippen LogP contribution in [-0.4, -0.2) is 5.60 Å². The van der Waals surface area contributed by atoms with E-state index in [4.69, 9.17) is 4.74 Å². The van der Waals surface area contributed by atoms with Gasteiger partial charge in [-0.2, -0.15) is 0 Å². The summed E-state index contributed by atoms with van der Waals surface area (Å²) in [6, 6.07) is 8.24. The highest BCUT2D eigenvalue weighted by Crippen LogP contribution is 2.37. The molecule has 1 aromatic rings. The fourth-order valence-electron chi connectivity index (χ4n) is 2.68. The molecular formula is C16H18O. The largest absolute Gasteiger partial charge is 0.478 e. The Morgan fingerprint density at radius 1 is 1.18 bits per heavy atom. The normalized spacial score (nSPS) is 27.0. The second-order valence-corrected chi connectivity index (χ2v) is 5.06. The Bertz CT molecular complexity index is 484. The van der Waals surface area contributed by atoms with Crippen LogP contribution in [0.1, 0.15) is 38.2 Å². The minimum absolute atomic E-state index is 0.227. The Hall–Kier alpha value is -1.50. The Labute approximate surface area is 103 Å². The molecule has 0 fully saturated rings. The van der Waals surface area contributed by atoms with Gasteiger partial charge in [-0.3, -0.25) is 0 Å². The van der Waals surface area contributed by atoms with Crippen LogP contribution in [0.5, 0.6) is 5.75 Å². The van der Waals surface area contributed by atoms with E-state index < -0.39 is 0 Å². The van der Waals surface area contributed by atoms with Crippen LogP contribution < -0.4 is 4.74 Å². The first-order valence-corrected chi connectivity index (χ1v) is 6.45. The molecule has 0 bridgehead atoms. The van der Waals surface area contributed by atoms with Gasteiger partial charge in [0.2, 0.25) is 0 Å². The Morgan fingerprint density at radius 3 is 2.88 bits per heavy atom. The molecule has 1 aromatic carbocycles. The smallest absolute Gasteiger partial charge is 0.146 e. The van der Waals surface area contributed by atoms with E-state index in [0.29, 0.717) is 0 Å². The van der Waals surface area contributed by atoms with Gasteiger partial charge in [-0.05, 0) is 50.3 Å². The first kappa shape index (κ1) is 10.6. The zero-order valence-electron chi connectivity index (χ0n) is 10.3. The molecule has 0 amide bonds. The number of para-hydroxylation sites is 1. The first-order valence-electron chi connectivity index (χ1n) is 6.45. The van der Waals surface area contributed by atoms with Crippen LogP contribution in [0.3, 0.4) is 0 Å². The van der Waals surface area contributed by atoms with Gasteiger partial charge in [-0.15, -0.1) is 0 Å². The molecule has 2 aliphatic rings. The van der Waals surface area contributed by atoms with Gasteiger partial charge in [0.1, 0.15) is 11.4 Å². The zero-order valence-corrected chi connectivity index (χ0v) is 10.3. The molecule has 0 aromatic heterocycles. The molecule has 0 saturated carbocycles. The van der Waals surface area contributed by atoms with Crippen LogP contribution in [0.2, 0.25) is 0 Å². The standard InChI is InChI=1S/C16H18O/c1-16(14-8-3-2-4-9-14)12-11-13-7-5-6-10-15(13)17-16/h5-8,10-12H,2-4,9H2,1H3/t16-/m1/s1. The van der Waals surface area contributed by atoms with E-state index in [1.807, 2.05) is 6.07 Å². The number of hydrogen-bond donors (Lipinski definition) is 0. The lowest BCUT2D eigenvalue weighted by Gasteiger charge is -2.35. The average Bonchev–Trinajstić information content (AvgIpc) is 2.40. The van der Waals surface area contributed by atoms with E-state index in [1.54, 1.807) is 0 Å². The van der Waals surface area contributed by atoms with Crippen LogP contribution in [0.4, 0.5) is 0 Å². The van der Waals surface area contributed by atoms with Crippen molar-refractivity contribution in [3.8, 4) is 5.75 Å². The molecule has 0 spiro atoms. The van der Waals surface area contributed by atoms with Crippen molar-refractivity contribution in [2.75, 3.05) is 0 Å². The lowest BCUT2D eigenvalue weighted by Crippen LogP contribution is -2.34. The van der Waals surface area contributed by atoms with Crippen molar-refractivity contribution in [1.29, 1.82) is 0 Å². The highest BCUT2D eigenvalue weighted by atomic mass is 16.5. The molecule has 1 heteroatoms. The number of rotatable bonds is 1. The molecule has 1 aliphatic heterocycles. The van der Waals surface area contributed by atoms with E-state index in [2.05, 4.69) is 43.4 Å². The van der Waals surface area contributed by atoms with E-state index in [1.165, 1.54) is 36.8 Å². The molecule has 1 heterocycles. The summed E-state index contributed by atoms with van der Waals surface area (Å²) in [6.45, 7) is 2.18. The molecule has 3 rings (SSSR count). The summed E-state index contributed by atoms with van der Waals surface area (Å²) in [4.78, 5) is 0. The monoisotopic (exact) mass is 226 g/mol. The molecule has 0 N–H and O–H groups in total. The number of hydrogen-bond acceptors (Lipinski definition) is 1. The van der Waals surface area contributed by atoms with E-state index in [9.17, 15) is 0 Å². The van der Waals surface area contributed by atoms with E-state index in [0.717, 1.165) is 5.75 Å². The summed E-state index contributed by atoms with van der Waals surface area (Å²) < 4.78 is 6.20. The Balaban J connectivity index is 1.95. The van der Waals surface area contributed by atoms with Crippen molar-refractivity contribution in [1.82, 2.24) is 0 Å². The molecule has 88 valence electrons. The minimum Gasteiger partial charge on any atom is -0.478 e. The minimum atomic E-state index is -0.227. The molecule has 0 unspecified atom stereocenters. The second-order valence-electron chi connectivity index (χ2n) is 5.06. The van der Waals surface area contributed by atoms with E-state index in [-0.39, 0.29) is 5.60 Å². The van der Waals surface area contributed by atoms with Crippen molar-refractivity contribution >= 4 is 6.08 Å². The first-order chi connectivity index (χ1) is 8.28. The molecule has 1 nitrogen and oxygen atoms in total. The Kier molecular flexibility index (Phi) is 2.54. The quantitative estimate of drug-likeness (QED) is 0.647. The number of ether oxygens (including phenoxy) is 1. The number of benzene rings is 1. The third-order valence-electron chi connectivity index (χ3n) is 3.75. The molecule has 0 radical (unpaired) electrons. The molecule has 17 heavy (non-hydrogen) atoms. The van der Waals surface area contributed by atoms with Gasteiger partial charge in [-0.1, -0.05) is 30.4 Å². The highest BCUT2D eigenvalue weighted by molar-refractivity contribution is 5.62. The molecular weight excluding hydrogens is 208 g/mol. The van der Waals surface area contributed by atoms with Gasteiger partial charge in [0, 0.05) is 5.56 Å². The summed E-state index contributed by atoms with van der Waals surface area (Å²) >= 11 is 0. The van der Waals surface area contributed by atoms with Gasteiger partial charge >= 0.3 is 0 Å². The Morgan fingerprint density at radius 2 is 2.06 bits per heavy atom. The summed E-state index contributed by atoms with van der Waals surface area (Å²) in [5.74, 6) is 1.00. The molecule has 0 saturated heterocycles. The van der Waals surface area contributed by atoms with Gasteiger partial charge < -0.3 is 4.74 Å². The van der Waals surface area contributed by atoms with E-state index >= 15 is 0 Å². The zero-order chi connectivity index (χ0) is 11.7. The van der Waals surface area contributed by atoms with Crippen LogP contribution in [0.15, 0.2) is 42.0 Å². The molecule has 1 atom stereocenters. The second kappa shape index (κ2) is 4.06. The van der Waals surface area contributed by atoms with Crippen molar-refractivity contribution in [3.63, 3.8) is 0 Å². The third kappa shape index (κ3) is 1.90. The number of allylic oxidation sites excluding steroid dienone is 1. The maximum atomic E-state index is 6.20. The SMILES string of the molecule is C[C@]1(C2=CCCCC2)C=Cc2ccccc2O1. The topological polar surface area (TPSA) is 9.23 Å². The molecule has 1 aliphatic carbocycles. The van der Waals surface area contributed by atoms with Gasteiger partial charge in [0.15, 0.2) is 0 Å².